The lowest BCUT2D eigenvalue weighted by atomic mass is 10.2. The van der Waals surface area contributed by atoms with Gasteiger partial charge >= 0.3 is 0 Å². The predicted molar refractivity (Wildman–Crippen MR) is 100 cm³/mol. The molecule has 0 aliphatic carbocycles. The highest BCUT2D eigenvalue weighted by Gasteiger charge is 2.30. The van der Waals surface area contributed by atoms with Crippen LogP contribution in [0.1, 0.15) is 5.56 Å². The first-order valence-electron chi connectivity index (χ1n) is 8.84. The SMILES string of the molecule is Cc1ccc(S(=O)(=O)N2CC[NH+](Cn3cnc4ccccc43)CC2)cc1. The van der Waals surface area contributed by atoms with Crippen molar-refractivity contribution in [1.29, 1.82) is 0 Å². The van der Waals surface area contributed by atoms with Crippen LogP contribution < -0.4 is 4.90 Å². The Kier molecular flexibility index (Phi) is 4.52. The molecule has 0 bridgehead atoms. The van der Waals surface area contributed by atoms with Crippen LogP contribution in [0.15, 0.2) is 59.8 Å². The minimum atomic E-state index is -3.40. The van der Waals surface area contributed by atoms with Crippen molar-refractivity contribution in [2.24, 2.45) is 0 Å². The molecule has 0 saturated carbocycles. The molecule has 7 heteroatoms. The normalized spacial score (nSPS) is 17.0. The molecule has 1 N–H and O–H groups in total. The van der Waals surface area contributed by atoms with Crippen molar-refractivity contribution in [2.45, 2.75) is 18.5 Å². The number of imidazole rings is 1. The molecule has 26 heavy (non-hydrogen) atoms. The second-order valence-electron chi connectivity index (χ2n) is 6.83. The highest BCUT2D eigenvalue weighted by atomic mass is 32.2. The van der Waals surface area contributed by atoms with Gasteiger partial charge in [-0.1, -0.05) is 29.8 Å². The van der Waals surface area contributed by atoms with Gasteiger partial charge in [0.25, 0.3) is 0 Å². The van der Waals surface area contributed by atoms with Crippen molar-refractivity contribution in [3.63, 3.8) is 0 Å². The number of nitrogens with one attached hydrogen (secondary N) is 1. The van der Waals surface area contributed by atoms with Crippen LogP contribution in [0.3, 0.4) is 0 Å². The molecule has 2 heterocycles. The summed E-state index contributed by atoms with van der Waals surface area (Å²) in [6, 6.07) is 15.2. The standard InChI is InChI=1S/C19H22N4O2S/c1-16-6-8-17(9-7-16)26(24,25)23-12-10-21(11-13-23)15-22-14-20-18-4-2-3-5-19(18)22/h2-9,14H,10-13,15H2,1H3/p+1. The number of quaternary nitrogens is 1. The largest absolute Gasteiger partial charge is 0.315 e. The third-order valence-corrected chi connectivity index (χ3v) is 6.92. The van der Waals surface area contributed by atoms with E-state index in [1.54, 1.807) is 16.4 Å². The molecule has 3 aromatic rings. The lowest BCUT2D eigenvalue weighted by Gasteiger charge is -2.31. The molecule has 6 nitrogen and oxygen atoms in total. The van der Waals surface area contributed by atoms with Crippen molar-refractivity contribution < 1.29 is 13.3 Å². The van der Waals surface area contributed by atoms with E-state index in [4.69, 9.17) is 0 Å². The van der Waals surface area contributed by atoms with E-state index in [0.717, 1.165) is 36.4 Å². The van der Waals surface area contributed by atoms with Gasteiger partial charge in [-0.15, -0.1) is 0 Å². The molecule has 136 valence electrons. The van der Waals surface area contributed by atoms with Gasteiger partial charge in [-0.25, -0.2) is 13.4 Å². The molecule has 2 aromatic carbocycles. The Morgan fingerprint density at radius 1 is 1.04 bits per heavy atom. The number of nitrogens with zero attached hydrogens (tertiary/aromatic N) is 3. The summed E-state index contributed by atoms with van der Waals surface area (Å²) in [6.45, 7) is 5.42. The zero-order chi connectivity index (χ0) is 18.1. The first kappa shape index (κ1) is 17.2. The fourth-order valence-electron chi connectivity index (χ4n) is 3.44. The summed E-state index contributed by atoms with van der Waals surface area (Å²) in [7, 11) is -3.40. The van der Waals surface area contributed by atoms with E-state index in [0.29, 0.717) is 18.0 Å². The van der Waals surface area contributed by atoms with Crippen LogP contribution >= 0.6 is 0 Å². The molecule has 0 spiro atoms. The van der Waals surface area contributed by atoms with Crippen molar-refractivity contribution in [3.8, 4) is 0 Å². The van der Waals surface area contributed by atoms with Gasteiger partial charge in [-0.3, -0.25) is 4.57 Å². The Balaban J connectivity index is 1.43. The van der Waals surface area contributed by atoms with E-state index in [1.807, 2.05) is 43.6 Å². The summed E-state index contributed by atoms with van der Waals surface area (Å²) < 4.78 is 29.3. The summed E-state index contributed by atoms with van der Waals surface area (Å²) in [6.07, 6.45) is 1.87. The summed E-state index contributed by atoms with van der Waals surface area (Å²) in [5.41, 5.74) is 3.17. The minimum absolute atomic E-state index is 0.382. The third kappa shape index (κ3) is 3.25. The van der Waals surface area contributed by atoms with Crippen LogP contribution in [0.2, 0.25) is 0 Å². The van der Waals surface area contributed by atoms with E-state index in [-0.39, 0.29) is 0 Å². The van der Waals surface area contributed by atoms with E-state index >= 15 is 0 Å². The minimum Gasteiger partial charge on any atom is -0.315 e. The number of rotatable bonds is 4. The lowest BCUT2D eigenvalue weighted by molar-refractivity contribution is -0.925. The third-order valence-electron chi connectivity index (χ3n) is 5.01. The smallest absolute Gasteiger partial charge is 0.243 e. The molecule has 0 unspecified atom stereocenters. The fourth-order valence-corrected chi connectivity index (χ4v) is 4.88. The first-order valence-corrected chi connectivity index (χ1v) is 10.3. The summed E-state index contributed by atoms with van der Waals surface area (Å²) in [5, 5.41) is 0. The zero-order valence-electron chi connectivity index (χ0n) is 14.8. The molecule has 1 aromatic heterocycles. The lowest BCUT2D eigenvalue weighted by Crippen LogP contribution is -3.14. The quantitative estimate of drug-likeness (QED) is 0.741. The van der Waals surface area contributed by atoms with Crippen molar-refractivity contribution in [3.05, 3.63) is 60.4 Å². The Bertz CT molecular complexity index is 1000. The number of fused-ring (bicyclic) bond motifs is 1. The van der Waals surface area contributed by atoms with Crippen LogP contribution in [0, 0.1) is 6.92 Å². The summed E-state index contributed by atoms with van der Waals surface area (Å²) in [5.74, 6) is 0. The van der Waals surface area contributed by atoms with Crippen LogP contribution in [0.4, 0.5) is 0 Å². The second kappa shape index (κ2) is 6.83. The van der Waals surface area contributed by atoms with Gasteiger partial charge in [0.1, 0.15) is 6.33 Å². The van der Waals surface area contributed by atoms with Gasteiger partial charge in [0, 0.05) is 0 Å². The maximum Gasteiger partial charge on any atom is 0.243 e. The number of para-hydroxylation sites is 2. The molecule has 1 aliphatic rings. The highest BCUT2D eigenvalue weighted by molar-refractivity contribution is 7.89. The van der Waals surface area contributed by atoms with Gasteiger partial charge in [0.15, 0.2) is 6.67 Å². The van der Waals surface area contributed by atoms with Crippen LogP contribution in [-0.2, 0) is 16.7 Å². The van der Waals surface area contributed by atoms with Crippen LogP contribution in [-0.4, -0.2) is 48.5 Å². The molecule has 0 radical (unpaired) electrons. The molecule has 0 atom stereocenters. The van der Waals surface area contributed by atoms with Gasteiger partial charge in [0.2, 0.25) is 10.0 Å². The highest BCUT2D eigenvalue weighted by Crippen LogP contribution is 2.16. The average Bonchev–Trinajstić information content (AvgIpc) is 3.06. The van der Waals surface area contributed by atoms with Gasteiger partial charge in [-0.05, 0) is 31.2 Å². The maximum absolute atomic E-state index is 12.8. The average molecular weight is 371 g/mol. The Labute approximate surface area is 153 Å². The number of sulfonamides is 1. The number of benzene rings is 2. The number of hydrogen-bond acceptors (Lipinski definition) is 3. The van der Waals surface area contributed by atoms with Gasteiger partial charge in [-0.2, -0.15) is 4.31 Å². The van der Waals surface area contributed by atoms with Gasteiger partial charge in [0.05, 0.1) is 42.1 Å². The Morgan fingerprint density at radius 2 is 1.73 bits per heavy atom. The van der Waals surface area contributed by atoms with Crippen LogP contribution in [0.25, 0.3) is 11.0 Å². The van der Waals surface area contributed by atoms with E-state index in [9.17, 15) is 8.42 Å². The monoisotopic (exact) mass is 371 g/mol. The topological polar surface area (TPSA) is 59.6 Å². The van der Waals surface area contributed by atoms with E-state index < -0.39 is 10.0 Å². The van der Waals surface area contributed by atoms with E-state index in [1.165, 1.54) is 4.90 Å². The Hall–Kier alpha value is -2.22. The second-order valence-corrected chi connectivity index (χ2v) is 8.77. The molecular weight excluding hydrogens is 348 g/mol. The predicted octanol–water partition coefficient (Wildman–Crippen LogP) is 0.892. The number of aromatic nitrogens is 2. The van der Waals surface area contributed by atoms with Crippen molar-refractivity contribution >= 4 is 21.1 Å². The van der Waals surface area contributed by atoms with Crippen molar-refractivity contribution in [2.75, 3.05) is 26.2 Å². The number of piperazine rings is 1. The van der Waals surface area contributed by atoms with E-state index in [2.05, 4.69) is 15.6 Å². The Morgan fingerprint density at radius 3 is 2.46 bits per heavy atom. The fraction of sp³-hybridized carbons (Fsp3) is 0.316. The van der Waals surface area contributed by atoms with Gasteiger partial charge < -0.3 is 4.90 Å². The molecule has 1 saturated heterocycles. The van der Waals surface area contributed by atoms with Crippen LogP contribution in [0.5, 0.6) is 0 Å². The number of hydrogen-bond donors (Lipinski definition) is 1. The summed E-state index contributed by atoms with van der Waals surface area (Å²) >= 11 is 0. The summed E-state index contributed by atoms with van der Waals surface area (Å²) in [4.78, 5) is 6.17. The first-order chi connectivity index (χ1) is 12.5. The zero-order valence-corrected chi connectivity index (χ0v) is 15.6. The number of aryl methyl sites for hydroxylation is 1. The molecule has 4 rings (SSSR count). The van der Waals surface area contributed by atoms with Crippen molar-refractivity contribution in [1.82, 2.24) is 13.9 Å². The molecule has 1 aliphatic heterocycles. The molecule has 0 amide bonds. The molecular formula is C19H23N4O2S+. The molecule has 1 fully saturated rings. The maximum atomic E-state index is 12.8.